The van der Waals surface area contributed by atoms with Crippen molar-refractivity contribution in [1.82, 2.24) is 19.5 Å². The van der Waals surface area contributed by atoms with Crippen LogP contribution in [-0.4, -0.2) is 98.0 Å². The molecule has 0 aliphatic rings. The van der Waals surface area contributed by atoms with Crippen LogP contribution in [0.1, 0.15) is 0 Å². The number of rotatable bonds is 4. The van der Waals surface area contributed by atoms with E-state index in [0.717, 1.165) is 38.3 Å². The molecule has 0 saturated heterocycles. The van der Waals surface area contributed by atoms with E-state index >= 15 is 0 Å². The average molecular weight is 663 g/mol. The Morgan fingerprint density at radius 1 is 0.407 bits per heavy atom. The Kier molecular flexibility index (Phi) is 8.00. The number of benzene rings is 6. The summed E-state index contributed by atoms with van der Waals surface area (Å²) in [4.78, 5) is 14.5. The Balaban J connectivity index is 1.37. The van der Waals surface area contributed by atoms with Crippen molar-refractivity contribution in [3.63, 3.8) is 0 Å². The highest BCUT2D eigenvalue weighted by atomic mass is 16.3. The van der Waals surface area contributed by atoms with Gasteiger partial charge in [0.15, 0.2) is 23.1 Å². The fraction of sp³-hybridized carbons (Fsp3) is 0. The topological polar surface area (TPSA) is 56.7 Å². The maximum Gasteiger partial charge on any atom is 0.164 e. The van der Waals surface area contributed by atoms with Gasteiger partial charge in [-0.3, -0.25) is 0 Å². The zero-order valence-corrected chi connectivity index (χ0v) is 28.6. The molecular weight excluding hydrogens is 649 g/mol. The summed E-state index contributed by atoms with van der Waals surface area (Å²) in [5.74, 6) is 0.199. The third-order valence-corrected chi connectivity index (χ3v) is 10.0. The molecule has 0 bridgehead atoms. The molecule has 20 radical (unpaired) electrons. The van der Waals surface area contributed by atoms with Crippen LogP contribution in [0.15, 0.2) is 89.3 Å². The fourth-order valence-corrected chi connectivity index (χ4v) is 7.28. The van der Waals surface area contributed by atoms with Gasteiger partial charge >= 0.3 is 0 Å². The number of aromatic nitrogens is 4. The summed E-state index contributed by atoms with van der Waals surface area (Å²) in [6.07, 6.45) is 0. The highest BCUT2D eigenvalue weighted by molar-refractivity contribution is 6.70. The minimum atomic E-state index is 0.00643. The van der Waals surface area contributed by atoms with E-state index in [-0.39, 0.29) is 83.2 Å². The number of fused-ring (bicyclic) bond motifs is 6. The molecule has 0 unspecified atom stereocenters. The van der Waals surface area contributed by atoms with Crippen molar-refractivity contribution in [2.24, 2.45) is 0 Å². The SMILES string of the molecule is [B]c1c([B])c([B])c(-c2nc(-c3c([B])c([B])c([B])c([B])c3[B])nc(-c3cccc4oc5c(-n6c7ccccc7c7ccccc76)cccc5c34)n2)c([B])c1[B]. The summed E-state index contributed by atoms with van der Waals surface area (Å²) in [6, 6.07) is 28.1. The molecule has 3 heterocycles. The van der Waals surface area contributed by atoms with Gasteiger partial charge in [-0.2, -0.15) is 0 Å². The molecular formula is C39H14B10N4O. The van der Waals surface area contributed by atoms with Crippen molar-refractivity contribution >= 4 is 177 Å². The minimum absolute atomic E-state index is 0.00643. The Labute approximate surface area is 324 Å². The lowest BCUT2D eigenvalue weighted by atomic mass is 9.60. The molecule has 15 heteroatoms. The lowest BCUT2D eigenvalue weighted by molar-refractivity contribution is 0.666. The maximum absolute atomic E-state index is 6.70. The molecule has 226 valence electrons. The summed E-state index contributed by atoms with van der Waals surface area (Å²) < 4.78 is 8.90. The molecule has 0 aliphatic carbocycles. The fourth-order valence-electron chi connectivity index (χ4n) is 7.28. The average Bonchev–Trinajstić information content (AvgIpc) is 3.74. The Hall–Kier alpha value is -5.42. The molecule has 0 aliphatic heterocycles. The van der Waals surface area contributed by atoms with Crippen molar-refractivity contribution in [3.05, 3.63) is 84.9 Å². The number of hydrogen-bond donors (Lipinski definition) is 0. The van der Waals surface area contributed by atoms with Gasteiger partial charge in [-0.1, -0.05) is 82.5 Å². The van der Waals surface area contributed by atoms with E-state index < -0.39 is 0 Å². The van der Waals surface area contributed by atoms with Crippen LogP contribution in [0.3, 0.4) is 0 Å². The predicted molar refractivity (Wildman–Crippen MR) is 232 cm³/mol. The Morgan fingerprint density at radius 2 is 0.833 bits per heavy atom. The van der Waals surface area contributed by atoms with E-state index in [1.807, 2.05) is 60.7 Å². The van der Waals surface area contributed by atoms with E-state index in [9.17, 15) is 0 Å². The Morgan fingerprint density at radius 3 is 1.35 bits per heavy atom. The third kappa shape index (κ3) is 4.90. The number of para-hydroxylation sites is 3. The summed E-state index contributed by atoms with van der Waals surface area (Å²) >= 11 is 0. The van der Waals surface area contributed by atoms with Crippen LogP contribution >= 0.6 is 0 Å². The van der Waals surface area contributed by atoms with Crippen LogP contribution < -0.4 is 54.6 Å². The van der Waals surface area contributed by atoms with Gasteiger partial charge < -0.3 is 8.98 Å². The van der Waals surface area contributed by atoms with E-state index in [0.29, 0.717) is 16.7 Å². The molecule has 3 aromatic heterocycles. The lowest BCUT2D eigenvalue weighted by Crippen LogP contribution is -2.55. The second-order valence-corrected chi connectivity index (χ2v) is 13.0. The van der Waals surface area contributed by atoms with Crippen molar-refractivity contribution in [3.8, 4) is 39.9 Å². The molecule has 9 rings (SSSR count). The molecule has 0 amide bonds. The second-order valence-electron chi connectivity index (χ2n) is 13.0. The van der Waals surface area contributed by atoms with Crippen LogP contribution in [0.4, 0.5) is 0 Å². The van der Waals surface area contributed by atoms with E-state index in [1.165, 1.54) is 0 Å². The monoisotopic (exact) mass is 664 g/mol. The first-order valence-electron chi connectivity index (χ1n) is 16.7. The predicted octanol–water partition coefficient (Wildman–Crippen LogP) is -2.19. The molecule has 6 aromatic carbocycles. The van der Waals surface area contributed by atoms with Crippen molar-refractivity contribution < 1.29 is 4.42 Å². The van der Waals surface area contributed by atoms with Gasteiger partial charge in [-0.15, -0.1) is 32.8 Å². The normalized spacial score (nSPS) is 11.7. The zero-order valence-electron chi connectivity index (χ0n) is 28.6. The first kappa shape index (κ1) is 34.4. The van der Waals surface area contributed by atoms with Crippen molar-refractivity contribution in [2.45, 2.75) is 0 Å². The van der Waals surface area contributed by atoms with E-state index in [4.69, 9.17) is 97.8 Å². The van der Waals surface area contributed by atoms with E-state index in [2.05, 4.69) is 28.8 Å². The van der Waals surface area contributed by atoms with Gasteiger partial charge in [0.2, 0.25) is 0 Å². The molecule has 54 heavy (non-hydrogen) atoms. The van der Waals surface area contributed by atoms with Crippen LogP contribution in [0, 0.1) is 0 Å². The molecule has 0 spiro atoms. The van der Waals surface area contributed by atoms with Gasteiger partial charge in [-0.05, 0) is 24.3 Å². The second kappa shape index (κ2) is 12.6. The number of nitrogens with zero attached hydrogens (tertiary/aromatic N) is 4. The third-order valence-electron chi connectivity index (χ3n) is 10.0. The van der Waals surface area contributed by atoms with Crippen LogP contribution in [0.25, 0.3) is 83.6 Å². The summed E-state index contributed by atoms with van der Waals surface area (Å²) in [6.45, 7) is 0. The van der Waals surface area contributed by atoms with Crippen LogP contribution in [0.5, 0.6) is 0 Å². The van der Waals surface area contributed by atoms with Gasteiger partial charge in [0.05, 0.1) is 16.7 Å². The Bertz CT molecular complexity index is 2880. The van der Waals surface area contributed by atoms with Gasteiger partial charge in [0.25, 0.3) is 0 Å². The van der Waals surface area contributed by atoms with Gasteiger partial charge in [0, 0.05) is 38.2 Å². The lowest BCUT2D eigenvalue weighted by Gasteiger charge is -2.22. The van der Waals surface area contributed by atoms with Crippen molar-refractivity contribution in [2.75, 3.05) is 0 Å². The highest BCUT2D eigenvalue weighted by Gasteiger charge is 2.24. The first-order chi connectivity index (χ1) is 26.0. The zero-order chi connectivity index (χ0) is 37.7. The summed E-state index contributed by atoms with van der Waals surface area (Å²) in [5.41, 5.74) is 5.20. The molecule has 9 aromatic rings. The van der Waals surface area contributed by atoms with Crippen LogP contribution in [0.2, 0.25) is 0 Å². The minimum Gasteiger partial charge on any atom is -0.454 e. The molecule has 0 fully saturated rings. The van der Waals surface area contributed by atoms with Gasteiger partial charge in [0.1, 0.15) is 84.0 Å². The summed E-state index contributed by atoms with van der Waals surface area (Å²) in [5, 5.41) is 3.78. The largest absolute Gasteiger partial charge is 0.454 e. The summed E-state index contributed by atoms with van der Waals surface area (Å²) in [7, 11) is 63.4. The standard InChI is InChI=1S/C39H14B10N4O/c40-26-24(27(41)31(45)34(48)30(26)44)38-50-37(51-39(52-38)25-28(42)32(46)35(49)33(47)29(25)43)18-10-6-14-22-23(18)17-9-5-13-21(36(17)54-22)53-19-11-3-1-7-15(19)16-8-2-4-12-20(16)53/h1-14H. The van der Waals surface area contributed by atoms with Gasteiger partial charge in [-0.25, -0.2) is 15.0 Å². The number of hydrogen-bond acceptors (Lipinski definition) is 4. The molecule has 0 atom stereocenters. The molecule has 5 nitrogen and oxygen atoms in total. The smallest absolute Gasteiger partial charge is 0.164 e. The highest BCUT2D eigenvalue weighted by Crippen LogP contribution is 2.40. The van der Waals surface area contributed by atoms with Crippen LogP contribution in [-0.2, 0) is 0 Å². The first-order valence-corrected chi connectivity index (χ1v) is 16.7. The maximum atomic E-state index is 6.70. The molecule has 0 saturated carbocycles. The van der Waals surface area contributed by atoms with Crippen molar-refractivity contribution in [1.29, 1.82) is 0 Å². The number of furan rings is 1. The quantitative estimate of drug-likeness (QED) is 0.201. The molecule has 0 N–H and O–H groups in total. The van der Waals surface area contributed by atoms with E-state index in [1.54, 1.807) is 0 Å².